The highest BCUT2D eigenvalue weighted by atomic mass is 79.9. The van der Waals surface area contributed by atoms with E-state index in [2.05, 4.69) is 49.3 Å². The van der Waals surface area contributed by atoms with Gasteiger partial charge in [-0.15, -0.1) is 22.7 Å². The Morgan fingerprint density at radius 2 is 1.75 bits per heavy atom. The van der Waals surface area contributed by atoms with E-state index in [0.717, 1.165) is 34.1 Å². The minimum atomic E-state index is -0.957. The minimum Gasteiger partial charge on any atom is -0.349 e. The van der Waals surface area contributed by atoms with Gasteiger partial charge in [-0.05, 0) is 86.0 Å². The maximum atomic E-state index is 12.6. The van der Waals surface area contributed by atoms with Crippen molar-refractivity contribution in [3.05, 3.63) is 83.2 Å². The number of hydrogen-bond acceptors (Lipinski definition) is 5. The Morgan fingerprint density at radius 1 is 1.06 bits per heavy atom. The Kier molecular flexibility index (Phi) is 5.60. The summed E-state index contributed by atoms with van der Waals surface area (Å²) in [6, 6.07) is 19.9. The second kappa shape index (κ2) is 8.28. The van der Waals surface area contributed by atoms with E-state index >= 15 is 0 Å². The summed E-state index contributed by atoms with van der Waals surface area (Å²) in [5, 5.41) is 12.4. The van der Waals surface area contributed by atoms with E-state index in [1.54, 1.807) is 28.7 Å². The van der Waals surface area contributed by atoms with E-state index < -0.39 is 5.60 Å². The molecule has 32 heavy (non-hydrogen) atoms. The summed E-state index contributed by atoms with van der Waals surface area (Å²) in [4.78, 5) is 14.5. The Hall–Kier alpha value is -2.22. The van der Waals surface area contributed by atoms with Crippen molar-refractivity contribution in [3.63, 3.8) is 0 Å². The number of hydrogen-bond donors (Lipinski definition) is 1. The zero-order valence-electron chi connectivity index (χ0n) is 16.7. The fourth-order valence-electron chi connectivity index (χ4n) is 3.99. The number of halogens is 2. The highest BCUT2D eigenvalue weighted by molar-refractivity contribution is 9.11. The third-order valence-electron chi connectivity index (χ3n) is 5.47. The van der Waals surface area contributed by atoms with Crippen molar-refractivity contribution in [3.8, 4) is 17.3 Å². The van der Waals surface area contributed by atoms with Crippen LogP contribution in [0.1, 0.15) is 21.0 Å². The Balaban J connectivity index is 1.82. The summed E-state index contributed by atoms with van der Waals surface area (Å²) in [5.74, 6) is -0.197. The van der Waals surface area contributed by atoms with Crippen LogP contribution in [0, 0.1) is 11.3 Å². The zero-order valence-corrected chi connectivity index (χ0v) is 21.5. The lowest BCUT2D eigenvalue weighted by Crippen LogP contribution is -2.31. The van der Waals surface area contributed by atoms with Gasteiger partial charge in [0.15, 0.2) is 5.60 Å². The number of carbonyl (C=O) groups excluding carboxylic acids is 1. The molecule has 0 saturated carbocycles. The molecule has 0 saturated heterocycles. The molecule has 9 heteroatoms. The predicted molar refractivity (Wildman–Crippen MR) is 134 cm³/mol. The molecule has 0 aliphatic carbocycles. The smallest absolute Gasteiger partial charge is 0.250 e. The number of nitrogens with zero attached hydrogens (tertiary/aromatic N) is 2. The second-order valence-corrected chi connectivity index (χ2v) is 12.2. The summed E-state index contributed by atoms with van der Waals surface area (Å²) < 4.78 is 10.3. The molecule has 3 aromatic heterocycles. The van der Waals surface area contributed by atoms with Crippen LogP contribution in [0.25, 0.3) is 11.3 Å². The van der Waals surface area contributed by atoms with Crippen LogP contribution < -0.4 is 5.32 Å². The number of ether oxygens (including phenoxy) is 1. The van der Waals surface area contributed by atoms with E-state index in [-0.39, 0.29) is 12.5 Å². The first-order valence-corrected chi connectivity index (χ1v) is 12.8. The topological polar surface area (TPSA) is 67.0 Å². The predicted octanol–water partition coefficient (Wildman–Crippen LogP) is 6.47. The van der Waals surface area contributed by atoms with Gasteiger partial charge in [0.05, 0.1) is 7.57 Å². The molecular formula is C23H15Br2N3O2S2. The van der Waals surface area contributed by atoms with Crippen LogP contribution >= 0.6 is 54.5 Å². The van der Waals surface area contributed by atoms with E-state index in [4.69, 9.17) is 4.74 Å². The summed E-state index contributed by atoms with van der Waals surface area (Å²) >= 11 is 10.3. The van der Waals surface area contributed by atoms with Crippen LogP contribution in [0.15, 0.2) is 62.2 Å². The molecule has 0 unspecified atom stereocenters. The molecule has 160 valence electrons. The van der Waals surface area contributed by atoms with Crippen molar-refractivity contribution < 1.29 is 9.53 Å². The number of fused-ring (bicyclic) bond motifs is 1. The number of aromatic nitrogens is 1. The van der Waals surface area contributed by atoms with Gasteiger partial charge in [-0.2, -0.15) is 5.26 Å². The number of benzene rings is 1. The van der Waals surface area contributed by atoms with Crippen molar-refractivity contribution in [2.75, 3.05) is 11.9 Å². The van der Waals surface area contributed by atoms with E-state index in [1.165, 1.54) is 0 Å². The van der Waals surface area contributed by atoms with Crippen molar-refractivity contribution >= 4 is 66.1 Å². The summed E-state index contributed by atoms with van der Waals surface area (Å²) in [6.45, 7) is -0.0716. The largest absolute Gasteiger partial charge is 0.349 e. The Labute approximate surface area is 209 Å². The third kappa shape index (κ3) is 3.47. The summed E-state index contributed by atoms with van der Waals surface area (Å²) in [7, 11) is 1.87. The average Bonchev–Trinajstić information content (AvgIpc) is 3.48. The highest BCUT2D eigenvalue weighted by Gasteiger charge is 2.44. The Bertz CT molecular complexity index is 1360. The van der Waals surface area contributed by atoms with E-state index in [0.29, 0.717) is 11.4 Å². The van der Waals surface area contributed by atoms with Gasteiger partial charge in [0.1, 0.15) is 18.4 Å². The highest BCUT2D eigenvalue weighted by Crippen LogP contribution is 2.51. The van der Waals surface area contributed by atoms with Gasteiger partial charge in [0.25, 0.3) is 0 Å². The van der Waals surface area contributed by atoms with Gasteiger partial charge in [0, 0.05) is 33.7 Å². The fourth-order valence-corrected chi connectivity index (χ4v) is 7.18. The first-order valence-electron chi connectivity index (χ1n) is 9.58. The minimum absolute atomic E-state index is 0.0716. The molecule has 4 aromatic rings. The van der Waals surface area contributed by atoms with Gasteiger partial charge >= 0.3 is 0 Å². The van der Waals surface area contributed by atoms with Crippen molar-refractivity contribution in [2.24, 2.45) is 7.05 Å². The molecule has 5 rings (SSSR count). The maximum Gasteiger partial charge on any atom is 0.250 e. The molecule has 0 atom stereocenters. The zero-order chi connectivity index (χ0) is 22.5. The van der Waals surface area contributed by atoms with Crippen LogP contribution in [0.5, 0.6) is 0 Å². The molecular weight excluding hydrogens is 574 g/mol. The van der Waals surface area contributed by atoms with Gasteiger partial charge < -0.3 is 14.6 Å². The van der Waals surface area contributed by atoms with Crippen LogP contribution in [-0.4, -0.2) is 17.1 Å². The normalized spacial score (nSPS) is 15.0. The van der Waals surface area contributed by atoms with Crippen molar-refractivity contribution in [1.82, 2.24) is 4.57 Å². The van der Waals surface area contributed by atoms with Crippen molar-refractivity contribution in [1.29, 1.82) is 5.26 Å². The lowest BCUT2D eigenvalue weighted by Gasteiger charge is -2.32. The lowest BCUT2D eigenvalue weighted by atomic mass is 9.87. The molecule has 0 radical (unpaired) electrons. The maximum absolute atomic E-state index is 12.6. The Morgan fingerprint density at radius 3 is 2.31 bits per heavy atom. The molecule has 4 heterocycles. The van der Waals surface area contributed by atoms with E-state index in [1.807, 2.05) is 54.1 Å². The standard InChI is InChI=1S/C23H15Br2N3O2S2/c1-28-14(11-26)3-5-17(28)13-2-4-16-15(10-13)23(30-12-22(29)27-16,18-6-8-20(24)31-18)19-7-9-21(25)32-19/h2-10H,12H2,1H3,(H,27,29). The van der Waals surface area contributed by atoms with E-state index in [9.17, 15) is 10.1 Å². The number of amides is 1. The number of rotatable bonds is 3. The molecule has 1 aliphatic heterocycles. The summed E-state index contributed by atoms with van der Waals surface area (Å²) in [6.07, 6.45) is 0. The SMILES string of the molecule is Cn1c(C#N)ccc1-c1ccc2c(c1)C(c1ccc(Br)s1)(c1ccc(Br)s1)OCC(=O)N2. The third-order valence-corrected chi connectivity index (χ3v) is 8.91. The first kappa shape index (κ1) is 21.6. The number of anilines is 1. The molecule has 5 nitrogen and oxygen atoms in total. The second-order valence-electron chi connectivity index (χ2n) is 7.26. The molecule has 1 amide bonds. The van der Waals surface area contributed by atoms with Gasteiger partial charge in [-0.3, -0.25) is 4.79 Å². The number of nitriles is 1. The number of carbonyl (C=O) groups is 1. The molecule has 1 N–H and O–H groups in total. The molecule has 0 bridgehead atoms. The fraction of sp³-hybridized carbons (Fsp3) is 0.130. The van der Waals surface area contributed by atoms with Gasteiger partial charge in [-0.25, -0.2) is 0 Å². The molecule has 1 aliphatic rings. The van der Waals surface area contributed by atoms with Crippen LogP contribution in [0.4, 0.5) is 5.69 Å². The first-order chi connectivity index (χ1) is 15.4. The average molecular weight is 589 g/mol. The van der Waals surface area contributed by atoms with Gasteiger partial charge in [0.2, 0.25) is 5.91 Å². The number of nitrogens with one attached hydrogen (secondary N) is 1. The quantitative estimate of drug-likeness (QED) is 0.298. The van der Waals surface area contributed by atoms with Crippen LogP contribution in [0.2, 0.25) is 0 Å². The monoisotopic (exact) mass is 587 g/mol. The molecule has 1 aromatic carbocycles. The van der Waals surface area contributed by atoms with Crippen LogP contribution in [-0.2, 0) is 22.2 Å². The van der Waals surface area contributed by atoms with Crippen molar-refractivity contribution in [2.45, 2.75) is 5.60 Å². The molecule has 0 spiro atoms. The van der Waals surface area contributed by atoms with Gasteiger partial charge in [-0.1, -0.05) is 6.07 Å². The lowest BCUT2D eigenvalue weighted by molar-refractivity contribution is -0.123. The molecule has 0 fully saturated rings. The number of thiophene rings is 2. The van der Waals surface area contributed by atoms with Crippen LogP contribution in [0.3, 0.4) is 0 Å². The summed E-state index contributed by atoms with van der Waals surface area (Å²) in [5.41, 5.74) is 3.03.